The Hall–Kier alpha value is -2.80. The lowest BCUT2D eigenvalue weighted by atomic mass is 10.2. The van der Waals surface area contributed by atoms with Gasteiger partial charge in [0.25, 0.3) is 0 Å². The van der Waals surface area contributed by atoms with E-state index in [-0.39, 0.29) is 18.2 Å². The number of carbonyl (C=O) groups is 2. The standard InChI is InChI=1S/C19H19N3O3S/c1-22-18(24)16(26-19(22)21-13-7-4-3-5-8-13)12-17(23)20-14-9-6-10-15(11-14)25-2/h3-11,16H,12H2,1-2H3,(H,20,23)/t16-/m1/s1. The molecule has 2 amide bonds. The number of thioether (sulfide) groups is 1. The summed E-state index contributed by atoms with van der Waals surface area (Å²) < 4.78 is 5.14. The maximum atomic E-state index is 12.4. The number of hydrogen-bond acceptors (Lipinski definition) is 5. The van der Waals surface area contributed by atoms with Crippen LogP contribution in [0, 0.1) is 0 Å². The van der Waals surface area contributed by atoms with Crippen molar-refractivity contribution in [2.24, 2.45) is 4.99 Å². The van der Waals surface area contributed by atoms with Gasteiger partial charge in [-0.1, -0.05) is 36.0 Å². The highest BCUT2D eigenvalue weighted by molar-refractivity contribution is 8.15. The third-order valence-corrected chi connectivity index (χ3v) is 5.07. The second-order valence-electron chi connectivity index (χ2n) is 5.72. The van der Waals surface area contributed by atoms with E-state index >= 15 is 0 Å². The van der Waals surface area contributed by atoms with Gasteiger partial charge >= 0.3 is 0 Å². The lowest BCUT2D eigenvalue weighted by molar-refractivity contribution is -0.127. The Labute approximate surface area is 156 Å². The van der Waals surface area contributed by atoms with Crippen LogP contribution in [0.4, 0.5) is 11.4 Å². The first kappa shape index (κ1) is 18.0. The summed E-state index contributed by atoms with van der Waals surface area (Å²) in [6.07, 6.45) is 0.0822. The van der Waals surface area contributed by atoms with Gasteiger partial charge in [0.15, 0.2) is 5.17 Å². The summed E-state index contributed by atoms with van der Waals surface area (Å²) >= 11 is 1.31. The Balaban J connectivity index is 1.65. The van der Waals surface area contributed by atoms with Crippen LogP contribution < -0.4 is 10.1 Å². The lowest BCUT2D eigenvalue weighted by Crippen LogP contribution is -2.30. The van der Waals surface area contributed by atoms with Crippen LogP contribution in [-0.2, 0) is 9.59 Å². The van der Waals surface area contributed by atoms with Crippen molar-refractivity contribution < 1.29 is 14.3 Å². The number of carbonyl (C=O) groups excluding carboxylic acids is 2. The number of anilines is 1. The molecule has 6 nitrogen and oxygen atoms in total. The number of nitrogens with one attached hydrogen (secondary N) is 1. The molecule has 0 spiro atoms. The second kappa shape index (κ2) is 8.05. The molecule has 0 bridgehead atoms. The van der Waals surface area contributed by atoms with Crippen molar-refractivity contribution in [1.29, 1.82) is 0 Å². The van der Waals surface area contributed by atoms with Gasteiger partial charge in [-0.25, -0.2) is 4.99 Å². The van der Waals surface area contributed by atoms with Gasteiger partial charge in [0, 0.05) is 25.2 Å². The monoisotopic (exact) mass is 369 g/mol. The molecule has 0 aromatic heterocycles. The molecule has 26 heavy (non-hydrogen) atoms. The van der Waals surface area contributed by atoms with E-state index in [1.165, 1.54) is 16.7 Å². The Bertz CT molecular complexity index is 839. The van der Waals surface area contributed by atoms with Gasteiger partial charge < -0.3 is 10.1 Å². The lowest BCUT2D eigenvalue weighted by Gasteiger charge is -2.10. The topological polar surface area (TPSA) is 71.0 Å². The average molecular weight is 369 g/mol. The van der Waals surface area contributed by atoms with Gasteiger partial charge in [0.1, 0.15) is 11.0 Å². The third kappa shape index (κ3) is 4.23. The molecule has 1 aliphatic rings. The summed E-state index contributed by atoms with van der Waals surface area (Å²) in [6.45, 7) is 0. The van der Waals surface area contributed by atoms with Crippen LogP contribution in [0.3, 0.4) is 0 Å². The van der Waals surface area contributed by atoms with Crippen molar-refractivity contribution >= 4 is 40.1 Å². The fourth-order valence-corrected chi connectivity index (χ4v) is 3.65. The molecule has 1 saturated heterocycles. The number of methoxy groups -OCH3 is 1. The normalized spacial score (nSPS) is 18.2. The zero-order valence-corrected chi connectivity index (χ0v) is 15.3. The highest BCUT2D eigenvalue weighted by Crippen LogP contribution is 2.30. The Morgan fingerprint density at radius 3 is 2.73 bits per heavy atom. The summed E-state index contributed by atoms with van der Waals surface area (Å²) in [4.78, 5) is 30.7. The Kier molecular flexibility index (Phi) is 5.58. The van der Waals surface area contributed by atoms with E-state index < -0.39 is 5.25 Å². The molecule has 1 atom stereocenters. The van der Waals surface area contributed by atoms with Crippen molar-refractivity contribution in [1.82, 2.24) is 4.90 Å². The van der Waals surface area contributed by atoms with E-state index in [0.717, 1.165) is 5.69 Å². The Morgan fingerprint density at radius 2 is 2.00 bits per heavy atom. The molecule has 0 saturated carbocycles. The zero-order valence-electron chi connectivity index (χ0n) is 14.5. The molecule has 0 aliphatic carbocycles. The molecular weight excluding hydrogens is 350 g/mol. The SMILES string of the molecule is COc1cccc(NC(=O)C[C@H]2SC(=Nc3ccccc3)N(C)C2=O)c1. The maximum absolute atomic E-state index is 12.4. The van der Waals surface area contributed by atoms with Crippen LogP contribution in [0.25, 0.3) is 0 Å². The minimum absolute atomic E-state index is 0.0822. The molecule has 0 radical (unpaired) electrons. The Morgan fingerprint density at radius 1 is 1.23 bits per heavy atom. The molecule has 1 aliphatic heterocycles. The van der Waals surface area contributed by atoms with Crippen molar-refractivity contribution in [2.45, 2.75) is 11.7 Å². The van der Waals surface area contributed by atoms with Crippen molar-refractivity contribution in [3.05, 3.63) is 54.6 Å². The minimum atomic E-state index is -0.479. The third-order valence-electron chi connectivity index (χ3n) is 3.85. The van der Waals surface area contributed by atoms with E-state index in [1.54, 1.807) is 38.4 Å². The summed E-state index contributed by atoms with van der Waals surface area (Å²) in [6, 6.07) is 16.5. The summed E-state index contributed by atoms with van der Waals surface area (Å²) in [5.41, 5.74) is 1.41. The number of benzene rings is 2. The molecule has 1 N–H and O–H groups in total. The van der Waals surface area contributed by atoms with Crippen molar-refractivity contribution in [2.75, 3.05) is 19.5 Å². The number of nitrogens with zero attached hydrogens (tertiary/aromatic N) is 2. The molecule has 2 aromatic rings. The number of aliphatic imine (C=N–C) groups is 1. The predicted molar refractivity (Wildman–Crippen MR) is 104 cm³/mol. The van der Waals surface area contributed by atoms with E-state index in [0.29, 0.717) is 16.6 Å². The first-order valence-electron chi connectivity index (χ1n) is 8.08. The molecule has 2 aromatic carbocycles. The fourth-order valence-electron chi connectivity index (χ4n) is 2.49. The zero-order chi connectivity index (χ0) is 18.5. The van der Waals surface area contributed by atoms with E-state index in [1.807, 2.05) is 30.3 Å². The molecule has 3 rings (SSSR count). The summed E-state index contributed by atoms with van der Waals surface area (Å²) in [7, 11) is 3.25. The quantitative estimate of drug-likeness (QED) is 0.878. The van der Waals surface area contributed by atoms with Gasteiger partial charge in [0.2, 0.25) is 11.8 Å². The smallest absolute Gasteiger partial charge is 0.242 e. The molecule has 1 heterocycles. The van der Waals surface area contributed by atoms with Crippen LogP contribution >= 0.6 is 11.8 Å². The second-order valence-corrected chi connectivity index (χ2v) is 6.89. The molecule has 134 valence electrons. The van der Waals surface area contributed by atoms with Crippen LogP contribution in [0.5, 0.6) is 5.75 Å². The largest absolute Gasteiger partial charge is 0.497 e. The van der Waals surface area contributed by atoms with Gasteiger partial charge in [-0.2, -0.15) is 0 Å². The van der Waals surface area contributed by atoms with Crippen molar-refractivity contribution in [3.63, 3.8) is 0 Å². The highest BCUT2D eigenvalue weighted by atomic mass is 32.2. The number of amidine groups is 1. The first-order chi connectivity index (χ1) is 12.6. The van der Waals surface area contributed by atoms with Crippen LogP contribution in [0.1, 0.15) is 6.42 Å². The van der Waals surface area contributed by atoms with Crippen LogP contribution in [0.15, 0.2) is 59.6 Å². The van der Waals surface area contributed by atoms with Gasteiger partial charge in [0.05, 0.1) is 12.8 Å². The first-order valence-corrected chi connectivity index (χ1v) is 8.96. The maximum Gasteiger partial charge on any atom is 0.242 e. The predicted octanol–water partition coefficient (Wildman–Crippen LogP) is 3.29. The van der Waals surface area contributed by atoms with Gasteiger partial charge in [-0.05, 0) is 24.3 Å². The molecular formula is C19H19N3O3S. The number of amides is 2. The number of rotatable bonds is 5. The molecule has 0 unspecified atom stereocenters. The van der Waals surface area contributed by atoms with Gasteiger partial charge in [-0.3, -0.25) is 14.5 Å². The summed E-state index contributed by atoms with van der Waals surface area (Å²) in [5.74, 6) is 0.315. The van der Waals surface area contributed by atoms with E-state index in [4.69, 9.17) is 4.74 Å². The minimum Gasteiger partial charge on any atom is -0.497 e. The molecule has 1 fully saturated rings. The van der Waals surface area contributed by atoms with Crippen LogP contribution in [0.2, 0.25) is 0 Å². The number of hydrogen-bond donors (Lipinski definition) is 1. The highest BCUT2D eigenvalue weighted by Gasteiger charge is 2.36. The average Bonchev–Trinajstić information content (AvgIpc) is 2.90. The number of ether oxygens (including phenoxy) is 1. The number of para-hydroxylation sites is 1. The fraction of sp³-hybridized carbons (Fsp3) is 0.211. The van der Waals surface area contributed by atoms with Crippen molar-refractivity contribution in [3.8, 4) is 5.75 Å². The summed E-state index contributed by atoms with van der Waals surface area (Å²) in [5, 5.41) is 2.92. The molecule has 7 heteroatoms. The van der Waals surface area contributed by atoms with Crippen LogP contribution in [-0.4, -0.2) is 41.3 Å². The van der Waals surface area contributed by atoms with Gasteiger partial charge in [-0.15, -0.1) is 0 Å². The van der Waals surface area contributed by atoms with E-state index in [9.17, 15) is 9.59 Å². The van der Waals surface area contributed by atoms with E-state index in [2.05, 4.69) is 10.3 Å².